The van der Waals surface area contributed by atoms with Crippen molar-refractivity contribution in [2.24, 2.45) is 23.0 Å². The number of amides is 1. The summed E-state index contributed by atoms with van der Waals surface area (Å²) in [5.41, 5.74) is 6.15. The molecular weight excluding hydrogens is 224 g/mol. The lowest BCUT2D eigenvalue weighted by Gasteiger charge is -2.37. The van der Waals surface area contributed by atoms with Crippen LogP contribution in [0.4, 0.5) is 0 Å². The fraction of sp³-hybridized carbons (Fsp3) is 0.933. The van der Waals surface area contributed by atoms with Crippen LogP contribution >= 0.6 is 0 Å². The molecule has 0 aromatic rings. The molecule has 0 aromatic heterocycles. The van der Waals surface area contributed by atoms with E-state index in [0.29, 0.717) is 12.5 Å². The summed E-state index contributed by atoms with van der Waals surface area (Å²) >= 11 is 0. The summed E-state index contributed by atoms with van der Waals surface area (Å²) in [6.07, 6.45) is 5.58. The van der Waals surface area contributed by atoms with Crippen molar-refractivity contribution in [2.75, 3.05) is 6.54 Å². The van der Waals surface area contributed by atoms with Crippen molar-refractivity contribution in [1.29, 1.82) is 0 Å². The fourth-order valence-corrected chi connectivity index (χ4v) is 3.02. The van der Waals surface area contributed by atoms with Gasteiger partial charge in [-0.3, -0.25) is 4.79 Å². The van der Waals surface area contributed by atoms with Crippen LogP contribution in [0.15, 0.2) is 0 Å². The van der Waals surface area contributed by atoms with Crippen LogP contribution in [-0.2, 0) is 4.79 Å². The van der Waals surface area contributed by atoms with Gasteiger partial charge in [0.05, 0.1) is 0 Å². The van der Waals surface area contributed by atoms with Gasteiger partial charge in [0, 0.05) is 18.5 Å². The van der Waals surface area contributed by atoms with Crippen LogP contribution in [0.2, 0.25) is 0 Å². The standard InChI is InChI=1S/C15H30N2O/c1-11(2)9-12(16)10-17-14(18)13-7-5-6-8-15(13,3)4/h11-13H,5-10,16H2,1-4H3,(H,17,18). The van der Waals surface area contributed by atoms with Gasteiger partial charge in [0.1, 0.15) is 0 Å². The zero-order valence-corrected chi connectivity index (χ0v) is 12.5. The second-order valence-corrected chi connectivity index (χ2v) is 6.92. The van der Waals surface area contributed by atoms with E-state index in [0.717, 1.165) is 19.3 Å². The lowest BCUT2D eigenvalue weighted by molar-refractivity contribution is -0.130. The first-order valence-electron chi connectivity index (χ1n) is 7.36. The van der Waals surface area contributed by atoms with Gasteiger partial charge < -0.3 is 11.1 Å². The summed E-state index contributed by atoms with van der Waals surface area (Å²) in [7, 11) is 0. The van der Waals surface area contributed by atoms with Crippen molar-refractivity contribution in [3.8, 4) is 0 Å². The predicted molar refractivity (Wildman–Crippen MR) is 76.2 cm³/mol. The Labute approximate surface area is 112 Å². The fourth-order valence-electron chi connectivity index (χ4n) is 3.02. The maximum absolute atomic E-state index is 12.2. The predicted octanol–water partition coefficient (Wildman–Crippen LogP) is 2.69. The Morgan fingerprint density at radius 1 is 1.39 bits per heavy atom. The minimum Gasteiger partial charge on any atom is -0.354 e. The van der Waals surface area contributed by atoms with Crippen LogP contribution in [0.25, 0.3) is 0 Å². The average Bonchev–Trinajstić information content (AvgIpc) is 2.24. The van der Waals surface area contributed by atoms with Crippen LogP contribution in [0.3, 0.4) is 0 Å². The van der Waals surface area contributed by atoms with E-state index in [9.17, 15) is 4.79 Å². The summed E-state index contributed by atoms with van der Waals surface area (Å²) in [6.45, 7) is 9.36. The Kier molecular flexibility index (Phi) is 5.64. The molecule has 1 fully saturated rings. The first kappa shape index (κ1) is 15.5. The van der Waals surface area contributed by atoms with Crippen molar-refractivity contribution in [1.82, 2.24) is 5.32 Å². The lowest BCUT2D eigenvalue weighted by Crippen LogP contribution is -2.45. The second kappa shape index (κ2) is 6.55. The molecule has 0 bridgehead atoms. The smallest absolute Gasteiger partial charge is 0.223 e. The average molecular weight is 254 g/mol. The third-order valence-corrected chi connectivity index (χ3v) is 4.14. The van der Waals surface area contributed by atoms with Gasteiger partial charge >= 0.3 is 0 Å². The molecule has 106 valence electrons. The van der Waals surface area contributed by atoms with E-state index < -0.39 is 0 Å². The van der Waals surface area contributed by atoms with E-state index in [1.165, 1.54) is 12.8 Å². The molecule has 0 aromatic carbocycles. The molecule has 0 heterocycles. The van der Waals surface area contributed by atoms with E-state index in [2.05, 4.69) is 33.0 Å². The quantitative estimate of drug-likeness (QED) is 0.792. The molecule has 2 atom stereocenters. The van der Waals surface area contributed by atoms with Gasteiger partial charge in [0.25, 0.3) is 0 Å². The van der Waals surface area contributed by atoms with E-state index in [-0.39, 0.29) is 23.3 Å². The highest BCUT2D eigenvalue weighted by Crippen LogP contribution is 2.40. The van der Waals surface area contributed by atoms with Gasteiger partial charge in [0.15, 0.2) is 0 Å². The van der Waals surface area contributed by atoms with Gasteiger partial charge in [-0.25, -0.2) is 0 Å². The molecular formula is C15H30N2O. The minimum atomic E-state index is 0.0839. The van der Waals surface area contributed by atoms with Crippen molar-refractivity contribution in [3.63, 3.8) is 0 Å². The van der Waals surface area contributed by atoms with E-state index in [4.69, 9.17) is 5.73 Å². The second-order valence-electron chi connectivity index (χ2n) is 6.92. The SMILES string of the molecule is CC(C)CC(N)CNC(=O)C1CCCCC1(C)C. The maximum Gasteiger partial charge on any atom is 0.223 e. The normalized spacial score (nSPS) is 24.9. The van der Waals surface area contributed by atoms with E-state index in [1.807, 2.05) is 0 Å². The highest BCUT2D eigenvalue weighted by molar-refractivity contribution is 5.79. The number of rotatable bonds is 5. The summed E-state index contributed by atoms with van der Waals surface area (Å²) in [5.74, 6) is 0.958. The molecule has 0 saturated heterocycles. The van der Waals surface area contributed by atoms with Crippen molar-refractivity contribution in [2.45, 2.75) is 65.8 Å². The number of hydrogen-bond donors (Lipinski definition) is 2. The molecule has 18 heavy (non-hydrogen) atoms. The first-order valence-corrected chi connectivity index (χ1v) is 7.36. The number of hydrogen-bond acceptors (Lipinski definition) is 2. The van der Waals surface area contributed by atoms with Crippen molar-refractivity contribution < 1.29 is 4.79 Å². The molecule has 0 radical (unpaired) electrons. The zero-order chi connectivity index (χ0) is 13.8. The van der Waals surface area contributed by atoms with Gasteiger partial charge in [-0.1, -0.05) is 40.5 Å². The zero-order valence-electron chi connectivity index (χ0n) is 12.5. The molecule has 2 unspecified atom stereocenters. The Balaban J connectivity index is 2.40. The van der Waals surface area contributed by atoms with Crippen molar-refractivity contribution >= 4 is 5.91 Å². The Morgan fingerprint density at radius 2 is 2.06 bits per heavy atom. The first-order chi connectivity index (χ1) is 8.33. The molecule has 1 amide bonds. The topological polar surface area (TPSA) is 55.1 Å². The largest absolute Gasteiger partial charge is 0.354 e. The number of carbonyl (C=O) groups excluding carboxylic acids is 1. The van der Waals surface area contributed by atoms with Gasteiger partial charge in [0.2, 0.25) is 5.91 Å². The number of carbonyl (C=O) groups is 1. The minimum absolute atomic E-state index is 0.0839. The molecule has 0 spiro atoms. The van der Waals surface area contributed by atoms with Crippen LogP contribution in [-0.4, -0.2) is 18.5 Å². The highest BCUT2D eigenvalue weighted by atomic mass is 16.1. The summed E-state index contributed by atoms with van der Waals surface area (Å²) < 4.78 is 0. The van der Waals surface area contributed by atoms with Gasteiger partial charge in [-0.15, -0.1) is 0 Å². The van der Waals surface area contributed by atoms with Crippen LogP contribution in [0.1, 0.15) is 59.8 Å². The third-order valence-electron chi connectivity index (χ3n) is 4.14. The molecule has 1 rings (SSSR count). The summed E-state index contributed by atoms with van der Waals surface area (Å²) in [6, 6.07) is 0.0839. The number of nitrogens with two attached hydrogens (primary N) is 1. The van der Waals surface area contributed by atoms with Gasteiger partial charge in [-0.2, -0.15) is 0 Å². The molecule has 3 nitrogen and oxygen atoms in total. The Bertz CT molecular complexity index is 274. The molecule has 1 aliphatic carbocycles. The van der Waals surface area contributed by atoms with Crippen LogP contribution in [0, 0.1) is 17.3 Å². The Morgan fingerprint density at radius 3 is 2.61 bits per heavy atom. The molecule has 1 saturated carbocycles. The van der Waals surface area contributed by atoms with Crippen LogP contribution < -0.4 is 11.1 Å². The molecule has 3 heteroatoms. The van der Waals surface area contributed by atoms with E-state index >= 15 is 0 Å². The molecule has 3 N–H and O–H groups in total. The van der Waals surface area contributed by atoms with Crippen molar-refractivity contribution in [3.05, 3.63) is 0 Å². The maximum atomic E-state index is 12.2. The third kappa shape index (κ3) is 4.60. The Hall–Kier alpha value is -0.570. The number of nitrogens with one attached hydrogen (secondary N) is 1. The molecule has 1 aliphatic rings. The monoisotopic (exact) mass is 254 g/mol. The highest BCUT2D eigenvalue weighted by Gasteiger charge is 2.36. The lowest BCUT2D eigenvalue weighted by atomic mass is 9.68. The summed E-state index contributed by atoms with van der Waals surface area (Å²) in [5, 5.41) is 3.05. The van der Waals surface area contributed by atoms with E-state index in [1.54, 1.807) is 0 Å². The van der Waals surface area contributed by atoms with Crippen LogP contribution in [0.5, 0.6) is 0 Å². The summed E-state index contributed by atoms with van der Waals surface area (Å²) in [4.78, 5) is 12.2. The van der Waals surface area contributed by atoms with Gasteiger partial charge in [-0.05, 0) is 30.6 Å². The molecule has 0 aliphatic heterocycles.